The van der Waals surface area contributed by atoms with Gasteiger partial charge >= 0.3 is 0 Å². The van der Waals surface area contributed by atoms with Gasteiger partial charge in [0.1, 0.15) is 0 Å². The van der Waals surface area contributed by atoms with Crippen LogP contribution in [0.4, 0.5) is 11.4 Å². The van der Waals surface area contributed by atoms with Gasteiger partial charge in [-0.3, -0.25) is 9.59 Å². The summed E-state index contributed by atoms with van der Waals surface area (Å²) in [6, 6.07) is 31.0. The fourth-order valence-corrected chi connectivity index (χ4v) is 5.80. The lowest BCUT2D eigenvalue weighted by Crippen LogP contribution is -2.31. The molecule has 0 fully saturated rings. The first kappa shape index (κ1) is 25.3. The summed E-state index contributed by atoms with van der Waals surface area (Å²) in [5.41, 5.74) is 3.93. The Labute approximate surface area is 223 Å². The van der Waals surface area contributed by atoms with E-state index >= 15 is 0 Å². The zero-order valence-corrected chi connectivity index (χ0v) is 21.4. The number of amides is 2. The van der Waals surface area contributed by atoms with Gasteiger partial charge in [-0.2, -0.15) is 0 Å². The van der Waals surface area contributed by atoms with Gasteiger partial charge < -0.3 is 15.3 Å². The van der Waals surface area contributed by atoms with Crippen molar-refractivity contribution in [2.45, 2.75) is 11.3 Å². The summed E-state index contributed by atoms with van der Waals surface area (Å²) in [6.45, 7) is 0.127. The molecule has 1 unspecified atom stereocenters. The summed E-state index contributed by atoms with van der Waals surface area (Å²) in [5, 5.41) is 12.3. The minimum atomic E-state index is -1.45. The number of carbonyl (C=O) groups excluding carboxylic acids is 2. The van der Waals surface area contributed by atoms with E-state index in [1.165, 1.54) is 0 Å². The van der Waals surface area contributed by atoms with E-state index in [1.807, 2.05) is 48.5 Å². The van der Waals surface area contributed by atoms with Crippen molar-refractivity contribution >= 4 is 34.0 Å². The van der Waals surface area contributed by atoms with E-state index in [2.05, 4.69) is 5.32 Å². The van der Waals surface area contributed by atoms with E-state index in [0.29, 0.717) is 32.3 Å². The molecule has 0 radical (unpaired) electrons. The first-order chi connectivity index (χ1) is 18.6. The number of fused-ring (bicyclic) bond motifs is 1. The zero-order valence-electron chi connectivity index (χ0n) is 20.5. The number of nitrogens with one attached hydrogen (secondary N) is 1. The Morgan fingerprint density at radius 1 is 0.842 bits per heavy atom. The molecule has 6 nitrogen and oxygen atoms in total. The standard InChI is InChI=1S/C31H26N2O4S/c34-21-19-25-18-20-33(28-12-6-7-13-29(28)38(25)37)31(36)23-14-16-24(17-15-23)32-30(35)27-11-5-4-10-26(27)22-8-2-1-3-9-22/h1-18,34H,19-21H2,(H,32,35). The summed E-state index contributed by atoms with van der Waals surface area (Å²) >= 11 is 0. The third-order valence-corrected chi connectivity index (χ3v) is 7.94. The van der Waals surface area contributed by atoms with Crippen LogP contribution in [0.5, 0.6) is 0 Å². The Morgan fingerprint density at radius 3 is 2.29 bits per heavy atom. The van der Waals surface area contributed by atoms with Gasteiger partial charge in [0, 0.05) is 41.3 Å². The third-order valence-electron chi connectivity index (χ3n) is 6.35. The predicted octanol–water partition coefficient (Wildman–Crippen LogP) is 5.64. The molecule has 1 heterocycles. The molecular weight excluding hydrogens is 496 g/mol. The lowest BCUT2D eigenvalue weighted by molar-refractivity contribution is 0.0988. The second kappa shape index (κ2) is 11.4. The maximum Gasteiger partial charge on any atom is 0.258 e. The molecule has 2 N–H and O–H groups in total. The van der Waals surface area contributed by atoms with Crippen LogP contribution in [0.25, 0.3) is 11.1 Å². The monoisotopic (exact) mass is 522 g/mol. The van der Waals surface area contributed by atoms with Gasteiger partial charge in [0.25, 0.3) is 11.8 Å². The number of rotatable bonds is 6. The molecule has 2 amide bonds. The lowest BCUT2D eigenvalue weighted by Gasteiger charge is -2.22. The number of aliphatic hydroxyl groups excluding tert-OH is 1. The lowest BCUT2D eigenvalue weighted by atomic mass is 9.99. The van der Waals surface area contributed by atoms with Gasteiger partial charge in [-0.05, 0) is 53.6 Å². The topological polar surface area (TPSA) is 86.7 Å². The number of carbonyl (C=O) groups is 2. The van der Waals surface area contributed by atoms with E-state index < -0.39 is 10.8 Å². The molecule has 4 aromatic carbocycles. The van der Waals surface area contributed by atoms with Crippen LogP contribution in [0.15, 0.2) is 119 Å². The van der Waals surface area contributed by atoms with Crippen molar-refractivity contribution in [1.29, 1.82) is 0 Å². The average Bonchev–Trinajstić information content (AvgIpc) is 3.10. The van der Waals surface area contributed by atoms with Gasteiger partial charge in [0.15, 0.2) is 0 Å². The van der Waals surface area contributed by atoms with Crippen LogP contribution in [0.1, 0.15) is 27.1 Å². The average molecular weight is 523 g/mol. The summed E-state index contributed by atoms with van der Waals surface area (Å²) in [6.07, 6.45) is 2.04. The molecule has 1 aliphatic heterocycles. The summed E-state index contributed by atoms with van der Waals surface area (Å²) in [4.78, 5) is 29.4. The largest absolute Gasteiger partial charge is 0.396 e. The van der Waals surface area contributed by atoms with Crippen LogP contribution >= 0.6 is 0 Å². The SMILES string of the molecule is O=C(Nc1ccc(C(=O)N2CC=C(CCO)S(=O)c3ccccc32)cc1)c1ccccc1-c1ccccc1. The summed E-state index contributed by atoms with van der Waals surface area (Å²) < 4.78 is 13.1. The second-order valence-electron chi connectivity index (χ2n) is 8.74. The van der Waals surface area contributed by atoms with Crippen molar-refractivity contribution in [3.63, 3.8) is 0 Å². The van der Waals surface area contributed by atoms with Crippen molar-refractivity contribution in [1.82, 2.24) is 0 Å². The highest BCUT2D eigenvalue weighted by Gasteiger charge is 2.26. The molecule has 1 atom stereocenters. The third kappa shape index (κ3) is 5.20. The van der Waals surface area contributed by atoms with E-state index in [4.69, 9.17) is 0 Å². The number of hydrogen-bond acceptors (Lipinski definition) is 4. The molecule has 0 saturated heterocycles. The molecule has 0 saturated carbocycles. The fraction of sp³-hybridized carbons (Fsp3) is 0.0968. The van der Waals surface area contributed by atoms with Crippen molar-refractivity contribution < 1.29 is 18.9 Å². The number of aliphatic hydroxyl groups is 1. The van der Waals surface area contributed by atoms with Crippen LogP contribution in [0.2, 0.25) is 0 Å². The number of anilines is 2. The molecule has 0 aliphatic carbocycles. The molecule has 38 heavy (non-hydrogen) atoms. The van der Waals surface area contributed by atoms with Gasteiger partial charge in [-0.15, -0.1) is 0 Å². The first-order valence-electron chi connectivity index (χ1n) is 12.3. The van der Waals surface area contributed by atoms with Crippen LogP contribution in [0.3, 0.4) is 0 Å². The van der Waals surface area contributed by atoms with Crippen molar-refractivity contribution in [2.75, 3.05) is 23.4 Å². The fourth-order valence-electron chi connectivity index (χ4n) is 4.44. The molecule has 7 heteroatoms. The summed E-state index contributed by atoms with van der Waals surface area (Å²) in [5.74, 6) is -0.489. The van der Waals surface area contributed by atoms with Gasteiger partial charge in [-0.1, -0.05) is 66.7 Å². The van der Waals surface area contributed by atoms with Gasteiger partial charge in [-0.25, -0.2) is 4.21 Å². The van der Waals surface area contributed by atoms with Gasteiger partial charge in [0.05, 0.1) is 21.4 Å². The molecule has 5 rings (SSSR count). The van der Waals surface area contributed by atoms with Crippen molar-refractivity contribution in [3.05, 3.63) is 125 Å². The molecule has 1 aliphatic rings. The minimum absolute atomic E-state index is 0.114. The number of nitrogens with zero attached hydrogens (tertiary/aromatic N) is 1. The van der Waals surface area contributed by atoms with Crippen LogP contribution in [-0.2, 0) is 10.8 Å². The van der Waals surface area contributed by atoms with E-state index in [9.17, 15) is 18.9 Å². The van der Waals surface area contributed by atoms with E-state index in [0.717, 1.165) is 11.1 Å². The van der Waals surface area contributed by atoms with Crippen molar-refractivity contribution in [2.24, 2.45) is 0 Å². The van der Waals surface area contributed by atoms with Crippen molar-refractivity contribution in [3.8, 4) is 11.1 Å². The Hall–Kier alpha value is -4.33. The number of benzene rings is 4. The maximum atomic E-state index is 13.5. The normalized spacial score (nSPS) is 14.7. The maximum absolute atomic E-state index is 13.5. The Bertz CT molecular complexity index is 1530. The van der Waals surface area contributed by atoms with Crippen LogP contribution in [0, 0.1) is 0 Å². The first-order valence-corrected chi connectivity index (χ1v) is 13.4. The Kier molecular flexibility index (Phi) is 7.58. The molecule has 0 spiro atoms. The predicted molar refractivity (Wildman–Crippen MR) is 151 cm³/mol. The Balaban J connectivity index is 1.37. The summed E-state index contributed by atoms with van der Waals surface area (Å²) in [7, 11) is -1.45. The Morgan fingerprint density at radius 2 is 1.53 bits per heavy atom. The molecule has 190 valence electrons. The highest BCUT2D eigenvalue weighted by molar-refractivity contribution is 7.89. The van der Waals surface area contributed by atoms with Crippen LogP contribution in [-0.4, -0.2) is 34.3 Å². The highest BCUT2D eigenvalue weighted by Crippen LogP contribution is 2.32. The minimum Gasteiger partial charge on any atom is -0.396 e. The quantitative estimate of drug-likeness (QED) is 0.343. The van der Waals surface area contributed by atoms with E-state index in [-0.39, 0.29) is 31.4 Å². The van der Waals surface area contributed by atoms with Gasteiger partial charge in [0.2, 0.25) is 0 Å². The second-order valence-corrected chi connectivity index (χ2v) is 10.2. The number of para-hydroxylation sites is 1. The molecular formula is C31H26N2O4S. The molecule has 4 aromatic rings. The zero-order chi connectivity index (χ0) is 26.5. The molecule has 0 aromatic heterocycles. The number of hydrogen-bond donors (Lipinski definition) is 2. The van der Waals surface area contributed by atoms with Crippen LogP contribution < -0.4 is 10.2 Å². The smallest absolute Gasteiger partial charge is 0.258 e. The highest BCUT2D eigenvalue weighted by atomic mass is 32.2. The van der Waals surface area contributed by atoms with E-state index in [1.54, 1.807) is 65.6 Å². The molecule has 0 bridgehead atoms.